The van der Waals surface area contributed by atoms with E-state index in [-0.39, 0.29) is 32.7 Å². The molecule has 0 unspecified atom stereocenters. The maximum Gasteiger partial charge on any atom is 0 e. The van der Waals surface area contributed by atoms with Crippen LogP contribution in [0, 0.1) is 12.3 Å². The van der Waals surface area contributed by atoms with E-state index in [2.05, 4.69) is 31.1 Å². The van der Waals surface area contributed by atoms with Gasteiger partial charge in [-0.2, -0.15) is 54.6 Å². The average Bonchev–Trinajstić information content (AvgIpc) is 2.56. The Kier molecular flexibility index (Phi) is 50.3. The van der Waals surface area contributed by atoms with Crippen molar-refractivity contribution in [2.45, 2.75) is 48.0 Å². The number of aromatic nitrogens is 1. The van der Waals surface area contributed by atoms with Gasteiger partial charge in [-0.3, -0.25) is 0 Å². The van der Waals surface area contributed by atoms with Crippen LogP contribution >= 0.6 is 0 Å². The monoisotopic (exact) mass is 348 g/mol. The van der Waals surface area contributed by atoms with Gasteiger partial charge in [0.25, 0.3) is 0 Å². The van der Waals surface area contributed by atoms with E-state index in [1.54, 1.807) is 12.3 Å². The normalized spacial score (nSPS) is 6.30. The first-order valence-electron chi connectivity index (χ1n) is 7.10. The zero-order chi connectivity index (χ0) is 15.2. The molecule has 0 aliphatic heterocycles. The second kappa shape index (κ2) is 36.3. The molecular weight excluding hydrogens is 319 g/mol. The van der Waals surface area contributed by atoms with E-state index in [4.69, 9.17) is 0 Å². The SMILES string of the molecule is CC.CC.CCC.[Y].[c-]1ccccc1.[c-]1ccccn1. The number of rotatable bonds is 0. The fraction of sp³-hybridized carbons (Fsp3) is 0.389. The summed E-state index contributed by atoms with van der Waals surface area (Å²) in [4.78, 5) is 3.66. The third-order valence-corrected chi connectivity index (χ3v) is 1.12. The van der Waals surface area contributed by atoms with Crippen LogP contribution in [-0.4, -0.2) is 4.98 Å². The molecule has 1 nitrogen and oxygen atoms in total. The molecule has 111 valence electrons. The Morgan fingerprint density at radius 1 is 0.750 bits per heavy atom. The molecule has 0 saturated heterocycles. The second-order valence-corrected chi connectivity index (χ2v) is 2.74. The first-order valence-corrected chi connectivity index (χ1v) is 7.10. The summed E-state index contributed by atoms with van der Waals surface area (Å²) in [5, 5.41) is 0. The van der Waals surface area contributed by atoms with Crippen LogP contribution < -0.4 is 0 Å². The Morgan fingerprint density at radius 2 is 1.20 bits per heavy atom. The van der Waals surface area contributed by atoms with E-state index in [9.17, 15) is 0 Å². The van der Waals surface area contributed by atoms with Crippen molar-refractivity contribution in [2.75, 3.05) is 0 Å². The smallest absolute Gasteiger partial charge is 0 e. The topological polar surface area (TPSA) is 12.9 Å². The van der Waals surface area contributed by atoms with Crippen LogP contribution in [0.25, 0.3) is 0 Å². The molecule has 0 saturated carbocycles. The molecular formula is C18H29NY-2. The molecule has 0 aliphatic rings. The summed E-state index contributed by atoms with van der Waals surface area (Å²) in [6.45, 7) is 12.2. The zero-order valence-corrected chi connectivity index (χ0v) is 16.8. The van der Waals surface area contributed by atoms with E-state index in [0.717, 1.165) is 0 Å². The van der Waals surface area contributed by atoms with E-state index < -0.39 is 0 Å². The van der Waals surface area contributed by atoms with Gasteiger partial charge in [0.15, 0.2) is 0 Å². The largest absolute Gasteiger partial charge is 0.394 e. The molecule has 1 aromatic carbocycles. The van der Waals surface area contributed by atoms with E-state index >= 15 is 0 Å². The fourth-order valence-electron chi connectivity index (χ4n) is 0.619. The number of nitrogens with zero attached hydrogens (tertiary/aromatic N) is 1. The van der Waals surface area contributed by atoms with E-state index in [1.807, 2.05) is 70.2 Å². The molecule has 1 radical (unpaired) electrons. The maximum atomic E-state index is 3.66. The molecule has 2 heteroatoms. The minimum Gasteiger partial charge on any atom is -0.394 e. The van der Waals surface area contributed by atoms with Crippen molar-refractivity contribution in [1.29, 1.82) is 0 Å². The molecule has 1 aromatic heterocycles. The van der Waals surface area contributed by atoms with Crippen LogP contribution in [-0.2, 0) is 32.7 Å². The van der Waals surface area contributed by atoms with Gasteiger partial charge in [0, 0.05) is 32.7 Å². The van der Waals surface area contributed by atoms with E-state index in [0.29, 0.717) is 0 Å². The quantitative estimate of drug-likeness (QED) is 0.546. The summed E-state index contributed by atoms with van der Waals surface area (Å²) in [6.07, 6.45) is 5.59. The Balaban J connectivity index is -0.0000000869. The van der Waals surface area contributed by atoms with Gasteiger partial charge in [-0.15, -0.1) is 0 Å². The zero-order valence-electron chi connectivity index (χ0n) is 13.9. The third kappa shape index (κ3) is 36.0. The molecule has 0 fully saturated rings. The standard InChI is InChI=1S/C6H5.C5H4N.C3H8.2C2H6.Y/c2*1-2-4-6-5-3-1;1-3-2;2*1-2;/h1-5H;1-4H;3H2,1-2H3;2*1-2H3;/q2*-1;;;;. The van der Waals surface area contributed by atoms with Gasteiger partial charge in [0.05, 0.1) is 0 Å². The fourth-order valence-corrected chi connectivity index (χ4v) is 0.619. The van der Waals surface area contributed by atoms with Gasteiger partial charge < -0.3 is 4.98 Å². The van der Waals surface area contributed by atoms with Crippen LogP contribution in [0.3, 0.4) is 0 Å². The Morgan fingerprint density at radius 3 is 1.30 bits per heavy atom. The summed E-state index contributed by atoms with van der Waals surface area (Å²) in [7, 11) is 0. The van der Waals surface area contributed by atoms with Crippen LogP contribution in [0.2, 0.25) is 0 Å². The van der Waals surface area contributed by atoms with Crippen molar-refractivity contribution in [1.82, 2.24) is 4.98 Å². The molecule has 0 amide bonds. The van der Waals surface area contributed by atoms with Gasteiger partial charge in [-0.25, -0.2) is 0 Å². The van der Waals surface area contributed by atoms with Crippen LogP contribution in [0.1, 0.15) is 48.0 Å². The van der Waals surface area contributed by atoms with Crippen molar-refractivity contribution in [3.8, 4) is 0 Å². The summed E-state index contributed by atoms with van der Waals surface area (Å²) in [5.41, 5.74) is 0. The predicted octanol–water partition coefficient (Wildman–Crippen LogP) is 5.83. The van der Waals surface area contributed by atoms with Crippen molar-refractivity contribution in [2.24, 2.45) is 0 Å². The van der Waals surface area contributed by atoms with Gasteiger partial charge >= 0.3 is 0 Å². The molecule has 2 aromatic rings. The second-order valence-electron chi connectivity index (χ2n) is 2.74. The number of pyridine rings is 1. The minimum absolute atomic E-state index is 0. The molecule has 0 aliphatic carbocycles. The Labute approximate surface area is 152 Å². The minimum atomic E-state index is 0. The Bertz CT molecular complexity index is 200. The van der Waals surface area contributed by atoms with Crippen LogP contribution in [0.15, 0.2) is 54.7 Å². The van der Waals surface area contributed by atoms with Gasteiger partial charge in [0.1, 0.15) is 0 Å². The molecule has 1 heterocycles. The van der Waals surface area contributed by atoms with Crippen molar-refractivity contribution in [3.05, 3.63) is 67.0 Å². The maximum absolute atomic E-state index is 3.66. The number of benzene rings is 1. The first kappa shape index (κ1) is 27.8. The average molecular weight is 348 g/mol. The van der Waals surface area contributed by atoms with Crippen molar-refractivity contribution in [3.63, 3.8) is 0 Å². The molecule has 0 spiro atoms. The summed E-state index contributed by atoms with van der Waals surface area (Å²) < 4.78 is 0. The summed E-state index contributed by atoms with van der Waals surface area (Å²) >= 11 is 0. The van der Waals surface area contributed by atoms with Gasteiger partial charge in [-0.05, 0) is 0 Å². The van der Waals surface area contributed by atoms with Gasteiger partial charge in [0.2, 0.25) is 0 Å². The van der Waals surface area contributed by atoms with Crippen LogP contribution in [0.5, 0.6) is 0 Å². The molecule has 20 heavy (non-hydrogen) atoms. The van der Waals surface area contributed by atoms with E-state index in [1.165, 1.54) is 6.42 Å². The first-order chi connectivity index (χ1) is 9.41. The molecule has 0 N–H and O–H groups in total. The molecule has 0 bridgehead atoms. The number of hydrogen-bond donors (Lipinski definition) is 0. The molecule has 0 atom stereocenters. The van der Waals surface area contributed by atoms with Crippen LogP contribution in [0.4, 0.5) is 0 Å². The summed E-state index contributed by atoms with van der Waals surface area (Å²) in [6, 6.07) is 18.0. The summed E-state index contributed by atoms with van der Waals surface area (Å²) in [5.74, 6) is 0. The van der Waals surface area contributed by atoms with Gasteiger partial charge in [-0.1, -0.05) is 60.4 Å². The molecule has 2 rings (SSSR count). The Hall–Kier alpha value is -0.526. The predicted molar refractivity (Wildman–Crippen MR) is 87.0 cm³/mol. The van der Waals surface area contributed by atoms with Crippen molar-refractivity contribution < 1.29 is 32.7 Å². The number of hydrogen-bond acceptors (Lipinski definition) is 1. The van der Waals surface area contributed by atoms with Crippen molar-refractivity contribution >= 4 is 0 Å². The third-order valence-electron chi connectivity index (χ3n) is 1.12.